The molecule has 1 rings (SSSR count). The first-order chi connectivity index (χ1) is 12.1. The minimum absolute atomic E-state index is 0.239. The number of ether oxygens (including phenoxy) is 2. The molecular weight excluding hydrogens is 328 g/mol. The van der Waals surface area contributed by atoms with Crippen LogP contribution < -0.4 is 10.6 Å². The lowest BCUT2D eigenvalue weighted by Gasteiger charge is -2.07. The summed E-state index contributed by atoms with van der Waals surface area (Å²) >= 11 is 0. The van der Waals surface area contributed by atoms with Gasteiger partial charge in [0.15, 0.2) is 0 Å². The molecule has 8 nitrogen and oxygen atoms in total. The van der Waals surface area contributed by atoms with Crippen LogP contribution >= 0.6 is 0 Å². The summed E-state index contributed by atoms with van der Waals surface area (Å²) in [5.41, 5.74) is 0.931. The minimum Gasteiger partial charge on any atom is -0.480 e. The molecule has 3 N–H and O–H groups in total. The Kier molecular flexibility index (Phi) is 10.4. The third-order valence-corrected chi connectivity index (χ3v) is 3.12. The van der Waals surface area contributed by atoms with E-state index in [1.807, 2.05) is 30.3 Å². The minimum atomic E-state index is -1.11. The van der Waals surface area contributed by atoms with Gasteiger partial charge in [-0.1, -0.05) is 30.3 Å². The zero-order chi connectivity index (χ0) is 18.3. The SMILES string of the molecule is O=C(O)COCC(=O)NCCCCCNC(=O)OCc1ccccc1. The molecule has 0 aliphatic carbocycles. The lowest BCUT2D eigenvalue weighted by atomic mass is 10.2. The molecule has 1 aromatic rings. The van der Waals surface area contributed by atoms with Crippen LogP contribution in [0.3, 0.4) is 0 Å². The molecule has 2 amide bonds. The van der Waals surface area contributed by atoms with Gasteiger partial charge in [0.05, 0.1) is 0 Å². The van der Waals surface area contributed by atoms with Gasteiger partial charge in [-0.15, -0.1) is 0 Å². The number of carbonyl (C=O) groups is 3. The number of nitrogens with one attached hydrogen (secondary N) is 2. The normalized spacial score (nSPS) is 10.1. The predicted octanol–water partition coefficient (Wildman–Crippen LogP) is 1.30. The highest BCUT2D eigenvalue weighted by Gasteiger charge is 2.04. The number of carboxylic acids is 1. The highest BCUT2D eigenvalue weighted by atomic mass is 16.5. The van der Waals surface area contributed by atoms with Crippen LogP contribution in [0.15, 0.2) is 30.3 Å². The standard InChI is InChI=1S/C17H24N2O6/c20-15(12-24-13-16(21)22)18-9-5-2-6-10-19-17(23)25-11-14-7-3-1-4-8-14/h1,3-4,7-8H,2,5-6,9-13H2,(H,18,20)(H,19,23)(H,21,22). The molecule has 1 aromatic carbocycles. The molecule has 0 saturated heterocycles. The zero-order valence-electron chi connectivity index (χ0n) is 14.0. The van der Waals surface area contributed by atoms with Crippen molar-refractivity contribution in [3.63, 3.8) is 0 Å². The number of hydrogen-bond acceptors (Lipinski definition) is 5. The van der Waals surface area contributed by atoms with Gasteiger partial charge in [-0.25, -0.2) is 9.59 Å². The highest BCUT2D eigenvalue weighted by Crippen LogP contribution is 2.00. The van der Waals surface area contributed by atoms with Crippen molar-refractivity contribution in [1.82, 2.24) is 10.6 Å². The Morgan fingerprint density at radius 2 is 1.60 bits per heavy atom. The van der Waals surface area contributed by atoms with Crippen LogP contribution in [0.25, 0.3) is 0 Å². The maximum Gasteiger partial charge on any atom is 0.407 e. The molecule has 8 heteroatoms. The van der Waals surface area contributed by atoms with Crippen molar-refractivity contribution in [2.75, 3.05) is 26.3 Å². The van der Waals surface area contributed by atoms with E-state index in [1.165, 1.54) is 0 Å². The van der Waals surface area contributed by atoms with Gasteiger partial charge in [-0.3, -0.25) is 4.79 Å². The summed E-state index contributed by atoms with van der Waals surface area (Å²) in [6.45, 7) is 0.472. The smallest absolute Gasteiger partial charge is 0.407 e. The molecule has 138 valence electrons. The fraction of sp³-hybridized carbons (Fsp3) is 0.471. The summed E-state index contributed by atoms with van der Waals surface area (Å²) in [4.78, 5) is 33.0. The maximum atomic E-state index is 11.5. The maximum absolute atomic E-state index is 11.5. The van der Waals surface area contributed by atoms with Crippen LogP contribution in [0.4, 0.5) is 4.79 Å². The van der Waals surface area contributed by atoms with Crippen LogP contribution in [0.2, 0.25) is 0 Å². The second-order valence-corrected chi connectivity index (χ2v) is 5.29. The topological polar surface area (TPSA) is 114 Å². The molecule has 0 aliphatic heterocycles. The Bertz CT molecular complexity index is 535. The van der Waals surface area contributed by atoms with Crippen LogP contribution in [-0.4, -0.2) is 49.4 Å². The molecule has 0 aromatic heterocycles. The van der Waals surface area contributed by atoms with Gasteiger partial charge in [-0.2, -0.15) is 0 Å². The predicted molar refractivity (Wildman–Crippen MR) is 89.9 cm³/mol. The van der Waals surface area contributed by atoms with Crippen LogP contribution in [0.5, 0.6) is 0 Å². The van der Waals surface area contributed by atoms with Crippen LogP contribution in [-0.2, 0) is 25.7 Å². The Morgan fingerprint density at radius 3 is 2.28 bits per heavy atom. The van der Waals surface area contributed by atoms with Gasteiger partial charge in [0.25, 0.3) is 0 Å². The van der Waals surface area contributed by atoms with Crippen molar-refractivity contribution in [2.24, 2.45) is 0 Å². The van der Waals surface area contributed by atoms with E-state index in [4.69, 9.17) is 9.84 Å². The van der Waals surface area contributed by atoms with E-state index in [1.54, 1.807) is 0 Å². The molecule has 0 spiro atoms. The molecule has 0 saturated carbocycles. The van der Waals surface area contributed by atoms with Gasteiger partial charge < -0.3 is 25.2 Å². The van der Waals surface area contributed by atoms with Crippen molar-refractivity contribution in [3.8, 4) is 0 Å². The van der Waals surface area contributed by atoms with E-state index >= 15 is 0 Å². The Balaban J connectivity index is 1.91. The molecule has 0 fully saturated rings. The van der Waals surface area contributed by atoms with E-state index in [0.717, 1.165) is 24.8 Å². The van der Waals surface area contributed by atoms with Gasteiger partial charge in [0, 0.05) is 13.1 Å². The lowest BCUT2D eigenvalue weighted by molar-refractivity contribution is -0.143. The highest BCUT2D eigenvalue weighted by molar-refractivity contribution is 5.77. The number of hydrogen-bond donors (Lipinski definition) is 3. The number of rotatable bonds is 12. The average molecular weight is 352 g/mol. The number of amides is 2. The monoisotopic (exact) mass is 352 g/mol. The molecule has 25 heavy (non-hydrogen) atoms. The van der Waals surface area contributed by atoms with Crippen LogP contribution in [0, 0.1) is 0 Å². The van der Waals surface area contributed by atoms with Crippen molar-refractivity contribution >= 4 is 18.0 Å². The molecule has 0 unspecified atom stereocenters. The fourth-order valence-corrected chi connectivity index (χ4v) is 1.90. The largest absolute Gasteiger partial charge is 0.480 e. The zero-order valence-corrected chi connectivity index (χ0v) is 14.0. The summed E-state index contributed by atoms with van der Waals surface area (Å²) in [6.07, 6.45) is 1.90. The second-order valence-electron chi connectivity index (χ2n) is 5.29. The average Bonchev–Trinajstić information content (AvgIpc) is 2.59. The molecule has 0 atom stereocenters. The summed E-state index contributed by atoms with van der Waals surface area (Å²) in [7, 11) is 0. The molecule has 0 aliphatic rings. The van der Waals surface area contributed by atoms with Crippen molar-refractivity contribution in [1.29, 1.82) is 0 Å². The number of aliphatic carboxylic acids is 1. The van der Waals surface area contributed by atoms with Gasteiger partial charge >= 0.3 is 12.1 Å². The molecule has 0 heterocycles. The third kappa shape index (κ3) is 11.5. The Morgan fingerprint density at radius 1 is 0.920 bits per heavy atom. The molecular formula is C17H24N2O6. The lowest BCUT2D eigenvalue weighted by Crippen LogP contribution is -2.29. The van der Waals surface area contributed by atoms with E-state index in [-0.39, 0.29) is 19.1 Å². The van der Waals surface area contributed by atoms with E-state index in [2.05, 4.69) is 15.4 Å². The number of unbranched alkanes of at least 4 members (excludes halogenated alkanes) is 2. The molecule has 0 bridgehead atoms. The first-order valence-corrected chi connectivity index (χ1v) is 8.08. The third-order valence-electron chi connectivity index (χ3n) is 3.12. The van der Waals surface area contributed by atoms with Crippen molar-refractivity contribution in [3.05, 3.63) is 35.9 Å². The summed E-state index contributed by atoms with van der Waals surface area (Å²) in [5, 5.41) is 13.7. The van der Waals surface area contributed by atoms with Gasteiger partial charge in [-0.05, 0) is 24.8 Å². The summed E-state index contributed by atoms with van der Waals surface area (Å²) in [6, 6.07) is 9.43. The number of carbonyl (C=O) groups excluding carboxylic acids is 2. The van der Waals surface area contributed by atoms with Crippen molar-refractivity contribution in [2.45, 2.75) is 25.9 Å². The number of alkyl carbamates (subject to hydrolysis) is 1. The van der Waals surface area contributed by atoms with Crippen LogP contribution in [0.1, 0.15) is 24.8 Å². The number of carboxylic acid groups (broad SMARTS) is 1. The fourth-order valence-electron chi connectivity index (χ4n) is 1.90. The first kappa shape index (κ1) is 20.4. The van der Waals surface area contributed by atoms with Gasteiger partial charge in [0.1, 0.15) is 19.8 Å². The second kappa shape index (κ2) is 12.8. The van der Waals surface area contributed by atoms with E-state index < -0.39 is 18.7 Å². The van der Waals surface area contributed by atoms with Crippen molar-refractivity contribution < 1.29 is 29.0 Å². The van der Waals surface area contributed by atoms with E-state index in [9.17, 15) is 14.4 Å². The quantitative estimate of drug-likeness (QED) is 0.489. The number of benzene rings is 1. The Labute approximate surface area is 146 Å². The van der Waals surface area contributed by atoms with E-state index in [0.29, 0.717) is 13.1 Å². The first-order valence-electron chi connectivity index (χ1n) is 8.08. The molecule has 0 radical (unpaired) electrons. The summed E-state index contributed by atoms with van der Waals surface area (Å²) < 4.78 is 9.74. The van der Waals surface area contributed by atoms with Gasteiger partial charge in [0.2, 0.25) is 5.91 Å². The Hall–Kier alpha value is -2.61. The summed E-state index contributed by atoms with van der Waals surface area (Å²) in [5.74, 6) is -1.45.